The van der Waals surface area contributed by atoms with Gasteiger partial charge in [-0.1, -0.05) is 18.2 Å². The third-order valence-electron chi connectivity index (χ3n) is 2.69. The zero-order chi connectivity index (χ0) is 14.3. The van der Waals surface area contributed by atoms with Crippen molar-refractivity contribution in [2.45, 2.75) is 12.8 Å². The average molecular weight is 264 g/mol. The zero-order valence-electron chi connectivity index (χ0n) is 11.4. The number of nitrogens with zero attached hydrogens (tertiary/aromatic N) is 2. The molecule has 1 rings (SSSR count). The van der Waals surface area contributed by atoms with Crippen molar-refractivity contribution in [1.82, 2.24) is 4.90 Å². The van der Waals surface area contributed by atoms with Gasteiger partial charge in [-0.2, -0.15) is 0 Å². The number of carbonyl (C=O) groups is 2. The number of aliphatic carboxylic acids is 1. The summed E-state index contributed by atoms with van der Waals surface area (Å²) in [5.74, 6) is -0.956. The lowest BCUT2D eigenvalue weighted by Gasteiger charge is -2.23. The topological polar surface area (TPSA) is 60.9 Å². The fraction of sp³-hybridized carbons (Fsp3) is 0.429. The molecule has 0 aliphatic rings. The molecular formula is C14H20N2O3. The van der Waals surface area contributed by atoms with Crippen LogP contribution < -0.4 is 4.90 Å². The minimum absolute atomic E-state index is 0.0530. The van der Waals surface area contributed by atoms with Gasteiger partial charge in [-0.3, -0.25) is 9.59 Å². The maximum Gasteiger partial charge on any atom is 0.305 e. The highest BCUT2D eigenvalue weighted by molar-refractivity contribution is 5.93. The number of anilines is 1. The molecule has 0 saturated carbocycles. The van der Waals surface area contributed by atoms with Gasteiger partial charge in [0.1, 0.15) is 0 Å². The molecule has 0 heterocycles. The average Bonchev–Trinajstić information content (AvgIpc) is 2.37. The van der Waals surface area contributed by atoms with Crippen LogP contribution in [0.2, 0.25) is 0 Å². The Kier molecular flexibility index (Phi) is 6.02. The molecule has 104 valence electrons. The molecule has 1 amide bonds. The van der Waals surface area contributed by atoms with Crippen LogP contribution in [-0.4, -0.2) is 49.1 Å². The van der Waals surface area contributed by atoms with Crippen LogP contribution in [0.5, 0.6) is 0 Å². The number of benzene rings is 1. The van der Waals surface area contributed by atoms with Crippen LogP contribution in [0.1, 0.15) is 12.8 Å². The summed E-state index contributed by atoms with van der Waals surface area (Å²) in [7, 11) is 3.80. The molecule has 0 aromatic heterocycles. The second-order valence-corrected chi connectivity index (χ2v) is 4.58. The van der Waals surface area contributed by atoms with E-state index in [0.717, 1.165) is 5.69 Å². The lowest BCUT2D eigenvalue weighted by molar-refractivity contribution is -0.136. The molecule has 5 heteroatoms. The van der Waals surface area contributed by atoms with Crippen molar-refractivity contribution in [2.75, 3.05) is 32.1 Å². The number of para-hydroxylation sites is 1. The summed E-state index contributed by atoms with van der Waals surface area (Å²) in [4.78, 5) is 26.3. The predicted octanol–water partition coefficient (Wildman–Crippen LogP) is 1.45. The second kappa shape index (κ2) is 7.53. The first-order valence-electron chi connectivity index (χ1n) is 6.22. The number of carbonyl (C=O) groups excluding carboxylic acids is 1. The molecule has 0 spiro atoms. The van der Waals surface area contributed by atoms with Crippen molar-refractivity contribution in [3.63, 3.8) is 0 Å². The maximum absolute atomic E-state index is 12.2. The van der Waals surface area contributed by atoms with E-state index in [0.29, 0.717) is 13.0 Å². The Morgan fingerprint density at radius 1 is 1.05 bits per heavy atom. The van der Waals surface area contributed by atoms with Crippen molar-refractivity contribution < 1.29 is 14.7 Å². The minimum Gasteiger partial charge on any atom is -0.481 e. The van der Waals surface area contributed by atoms with Crippen molar-refractivity contribution in [1.29, 1.82) is 0 Å². The highest BCUT2D eigenvalue weighted by atomic mass is 16.4. The van der Waals surface area contributed by atoms with E-state index >= 15 is 0 Å². The summed E-state index contributed by atoms with van der Waals surface area (Å²) in [6.45, 7) is 0.848. The van der Waals surface area contributed by atoms with E-state index in [-0.39, 0.29) is 18.9 Å². The first kappa shape index (κ1) is 15.2. The van der Waals surface area contributed by atoms with Crippen LogP contribution in [0.25, 0.3) is 0 Å². The molecule has 0 saturated heterocycles. The van der Waals surface area contributed by atoms with Crippen LogP contribution in [0, 0.1) is 0 Å². The lowest BCUT2D eigenvalue weighted by Crippen LogP contribution is -2.34. The maximum atomic E-state index is 12.2. The van der Waals surface area contributed by atoms with Gasteiger partial charge >= 0.3 is 5.97 Å². The Morgan fingerprint density at radius 3 is 2.21 bits per heavy atom. The van der Waals surface area contributed by atoms with Crippen LogP contribution in [-0.2, 0) is 9.59 Å². The van der Waals surface area contributed by atoms with E-state index < -0.39 is 5.97 Å². The zero-order valence-corrected chi connectivity index (χ0v) is 11.4. The lowest BCUT2D eigenvalue weighted by atomic mass is 10.2. The van der Waals surface area contributed by atoms with Gasteiger partial charge in [0.05, 0.1) is 6.42 Å². The van der Waals surface area contributed by atoms with Crippen LogP contribution in [0.4, 0.5) is 5.69 Å². The van der Waals surface area contributed by atoms with Crippen molar-refractivity contribution in [3.8, 4) is 0 Å². The Morgan fingerprint density at radius 2 is 1.68 bits per heavy atom. The molecule has 5 nitrogen and oxygen atoms in total. The van der Waals surface area contributed by atoms with Gasteiger partial charge in [-0.25, -0.2) is 0 Å². The van der Waals surface area contributed by atoms with E-state index in [1.165, 1.54) is 4.90 Å². The van der Waals surface area contributed by atoms with E-state index in [2.05, 4.69) is 0 Å². The molecule has 1 aromatic carbocycles. The highest BCUT2D eigenvalue weighted by Crippen LogP contribution is 2.15. The Labute approximate surface area is 113 Å². The van der Waals surface area contributed by atoms with E-state index in [1.807, 2.05) is 49.3 Å². The molecule has 1 N–H and O–H groups in total. The summed E-state index contributed by atoms with van der Waals surface area (Å²) < 4.78 is 0. The van der Waals surface area contributed by atoms with Crippen molar-refractivity contribution in [2.24, 2.45) is 0 Å². The molecule has 0 radical (unpaired) electrons. The third kappa shape index (κ3) is 5.52. The third-order valence-corrected chi connectivity index (χ3v) is 2.69. The predicted molar refractivity (Wildman–Crippen MR) is 74.2 cm³/mol. The number of hydrogen-bond donors (Lipinski definition) is 1. The summed E-state index contributed by atoms with van der Waals surface area (Å²) in [6, 6.07) is 9.17. The largest absolute Gasteiger partial charge is 0.481 e. The Bertz CT molecular complexity index is 418. The standard InChI is InChI=1S/C14H20N2O3/c1-15(2)10-8-13(17)16(11-9-14(18)19)12-6-4-3-5-7-12/h3-7H,8-11H2,1-2H3,(H,18,19). The molecule has 0 fully saturated rings. The van der Waals surface area contributed by atoms with Gasteiger partial charge in [-0.15, -0.1) is 0 Å². The smallest absolute Gasteiger partial charge is 0.305 e. The van der Waals surface area contributed by atoms with Crippen LogP contribution in [0.3, 0.4) is 0 Å². The van der Waals surface area contributed by atoms with Crippen molar-refractivity contribution >= 4 is 17.6 Å². The Balaban J connectivity index is 2.74. The quantitative estimate of drug-likeness (QED) is 0.809. The minimum atomic E-state index is -0.902. The van der Waals surface area contributed by atoms with Crippen LogP contribution >= 0.6 is 0 Å². The molecule has 0 unspecified atom stereocenters. The van der Waals surface area contributed by atoms with Gasteiger partial charge < -0.3 is 14.9 Å². The van der Waals surface area contributed by atoms with Crippen molar-refractivity contribution in [3.05, 3.63) is 30.3 Å². The van der Waals surface area contributed by atoms with Crippen LogP contribution in [0.15, 0.2) is 30.3 Å². The van der Waals surface area contributed by atoms with E-state index in [1.54, 1.807) is 0 Å². The fourth-order valence-corrected chi connectivity index (χ4v) is 1.67. The first-order valence-corrected chi connectivity index (χ1v) is 6.22. The summed E-state index contributed by atoms with van der Waals surface area (Å²) in [5, 5.41) is 8.76. The monoisotopic (exact) mass is 264 g/mol. The van der Waals surface area contributed by atoms with Gasteiger partial charge in [0.25, 0.3) is 0 Å². The van der Waals surface area contributed by atoms with Gasteiger partial charge in [-0.05, 0) is 26.2 Å². The van der Waals surface area contributed by atoms with E-state index in [4.69, 9.17) is 5.11 Å². The number of carboxylic acids is 1. The molecule has 0 aliphatic carbocycles. The van der Waals surface area contributed by atoms with E-state index in [9.17, 15) is 9.59 Å². The van der Waals surface area contributed by atoms with Gasteiger partial charge in [0.2, 0.25) is 5.91 Å². The number of rotatable bonds is 7. The fourth-order valence-electron chi connectivity index (χ4n) is 1.67. The number of amides is 1. The molecule has 0 atom stereocenters. The summed E-state index contributed by atoms with van der Waals surface area (Å²) in [5.41, 5.74) is 0.743. The van der Waals surface area contributed by atoms with Gasteiger partial charge in [0.15, 0.2) is 0 Å². The normalized spacial score (nSPS) is 10.5. The summed E-state index contributed by atoms with van der Waals surface area (Å²) >= 11 is 0. The second-order valence-electron chi connectivity index (χ2n) is 4.58. The number of hydrogen-bond acceptors (Lipinski definition) is 3. The Hall–Kier alpha value is -1.88. The van der Waals surface area contributed by atoms with Gasteiger partial charge in [0, 0.05) is 25.2 Å². The highest BCUT2D eigenvalue weighted by Gasteiger charge is 2.16. The molecular weight excluding hydrogens is 244 g/mol. The first-order chi connectivity index (χ1) is 9.00. The SMILES string of the molecule is CN(C)CCC(=O)N(CCC(=O)O)c1ccccc1. The molecule has 0 aliphatic heterocycles. The summed E-state index contributed by atoms with van der Waals surface area (Å²) in [6.07, 6.45) is 0.324. The molecule has 0 bridgehead atoms. The molecule has 19 heavy (non-hydrogen) atoms. The number of carboxylic acid groups (broad SMARTS) is 1. The molecule has 1 aromatic rings.